The van der Waals surface area contributed by atoms with Crippen LogP contribution in [-0.4, -0.2) is 10.4 Å². The molecule has 0 aliphatic rings. The van der Waals surface area contributed by atoms with Crippen molar-refractivity contribution in [3.05, 3.63) is 46.4 Å². The highest BCUT2D eigenvalue weighted by molar-refractivity contribution is 6.34. The van der Waals surface area contributed by atoms with Crippen molar-refractivity contribution in [2.75, 3.05) is 11.0 Å². The summed E-state index contributed by atoms with van der Waals surface area (Å²) >= 11 is 11.9. The van der Waals surface area contributed by atoms with E-state index in [1.54, 1.807) is 36.4 Å². The zero-order valence-corrected chi connectivity index (χ0v) is 18.6. The summed E-state index contributed by atoms with van der Waals surface area (Å²) in [5, 5.41) is 18.4. The van der Waals surface area contributed by atoms with Gasteiger partial charge in [0.25, 0.3) is 0 Å². The highest BCUT2D eigenvalue weighted by Crippen LogP contribution is 2.32. The molecule has 0 saturated carbocycles. The molecule has 26 heavy (non-hydrogen) atoms. The lowest BCUT2D eigenvalue weighted by Gasteiger charge is -2.08. The molecule has 2 rings (SSSR count). The van der Waals surface area contributed by atoms with Crippen LogP contribution in [0.1, 0.15) is 55.4 Å². The number of nitrogens with one attached hydrogen (secondary N) is 2. The highest BCUT2D eigenvalue weighted by atomic mass is 35.5. The van der Waals surface area contributed by atoms with Crippen molar-refractivity contribution in [3.63, 3.8) is 0 Å². The first-order chi connectivity index (χ1) is 12.7. The maximum atomic E-state index is 8.80. The Morgan fingerprint density at radius 2 is 0.846 bits per heavy atom. The Hall–Kier alpha value is -1.46. The molecule has 4 N–H and O–H groups in total. The molecule has 150 valence electrons. The van der Waals surface area contributed by atoms with E-state index in [1.807, 2.05) is 66.4 Å². The number of hydrogen-bond acceptors (Lipinski definition) is 4. The van der Waals surface area contributed by atoms with Gasteiger partial charge in [-0.15, -0.1) is 0 Å². The van der Waals surface area contributed by atoms with E-state index in [0.717, 1.165) is 11.1 Å². The van der Waals surface area contributed by atoms with Crippen LogP contribution in [0.2, 0.25) is 10.0 Å². The van der Waals surface area contributed by atoms with E-state index in [-0.39, 0.29) is 0 Å². The van der Waals surface area contributed by atoms with Crippen molar-refractivity contribution in [1.29, 1.82) is 0 Å². The predicted octanol–water partition coefficient (Wildman–Crippen LogP) is 8.37. The van der Waals surface area contributed by atoms with Gasteiger partial charge in [0, 0.05) is 0 Å². The molecular formula is C20H34Cl2N2O2. The number of halogens is 2. The highest BCUT2D eigenvalue weighted by Gasteiger charge is 2.06. The van der Waals surface area contributed by atoms with E-state index in [1.165, 1.54) is 0 Å². The second-order valence-corrected chi connectivity index (χ2v) is 4.43. The zero-order valence-electron chi connectivity index (χ0n) is 17.1. The van der Waals surface area contributed by atoms with Crippen LogP contribution in [0.3, 0.4) is 0 Å². The quantitative estimate of drug-likeness (QED) is 0.387. The predicted molar refractivity (Wildman–Crippen MR) is 118 cm³/mol. The van der Waals surface area contributed by atoms with Crippen molar-refractivity contribution in [2.45, 2.75) is 55.4 Å². The monoisotopic (exact) mass is 404 g/mol. The molecule has 0 bridgehead atoms. The molecular weight excluding hydrogens is 371 g/mol. The molecule has 0 heterocycles. The van der Waals surface area contributed by atoms with Crippen LogP contribution in [0.4, 0.5) is 11.4 Å². The lowest BCUT2D eigenvalue weighted by molar-refractivity contribution is 0.388. The molecule has 0 radical (unpaired) electrons. The summed E-state index contributed by atoms with van der Waals surface area (Å²) in [5.74, 6) is 0. The molecule has 0 unspecified atom stereocenters. The Kier molecular flexibility index (Phi) is 22.4. The fourth-order valence-corrected chi connectivity index (χ4v) is 2.02. The van der Waals surface area contributed by atoms with Gasteiger partial charge in [0.2, 0.25) is 0 Å². The summed E-state index contributed by atoms with van der Waals surface area (Å²) < 4.78 is 0. The lowest BCUT2D eigenvalue weighted by Crippen LogP contribution is -1.92. The lowest BCUT2D eigenvalue weighted by atomic mass is 10.1. The van der Waals surface area contributed by atoms with Crippen LogP contribution in [0.15, 0.2) is 36.4 Å². The van der Waals surface area contributed by atoms with Crippen LogP contribution >= 0.6 is 23.2 Å². The average molecular weight is 405 g/mol. The number of hydrogen-bond donors (Lipinski definition) is 4. The summed E-state index contributed by atoms with van der Waals surface area (Å²) in [6.45, 7) is 16.0. The molecule has 2 aromatic rings. The van der Waals surface area contributed by atoms with Crippen molar-refractivity contribution in [3.8, 4) is 11.1 Å². The first-order valence-electron chi connectivity index (χ1n) is 9.05. The molecule has 0 amide bonds. The van der Waals surface area contributed by atoms with Crippen molar-refractivity contribution in [2.24, 2.45) is 0 Å². The summed E-state index contributed by atoms with van der Waals surface area (Å²) in [7, 11) is 0. The number of benzene rings is 2. The van der Waals surface area contributed by atoms with Gasteiger partial charge in [-0.3, -0.25) is 21.4 Å². The molecule has 0 aliphatic carbocycles. The average Bonchev–Trinajstić information content (AvgIpc) is 2.74. The SMILES string of the molecule is CC.CC.CC.CC.ONc1ccc(-c2ccc(NO)c(Cl)c2)cc1Cl. The van der Waals surface area contributed by atoms with Crippen LogP contribution < -0.4 is 11.0 Å². The van der Waals surface area contributed by atoms with Gasteiger partial charge in [-0.1, -0.05) is 90.7 Å². The number of rotatable bonds is 3. The molecule has 2 aromatic carbocycles. The summed E-state index contributed by atoms with van der Waals surface area (Å²) in [6, 6.07) is 10.3. The Bertz CT molecular complexity index is 528. The van der Waals surface area contributed by atoms with Gasteiger partial charge < -0.3 is 0 Å². The molecule has 6 heteroatoms. The minimum Gasteiger partial charge on any atom is -0.291 e. The Labute approximate surface area is 169 Å². The summed E-state index contributed by atoms with van der Waals surface area (Å²) in [4.78, 5) is 0. The van der Waals surface area contributed by atoms with E-state index in [9.17, 15) is 0 Å². The van der Waals surface area contributed by atoms with Crippen molar-refractivity contribution >= 4 is 34.6 Å². The second-order valence-electron chi connectivity index (χ2n) is 3.61. The maximum absolute atomic E-state index is 8.80. The first-order valence-corrected chi connectivity index (χ1v) is 9.81. The van der Waals surface area contributed by atoms with Crippen LogP contribution in [0.5, 0.6) is 0 Å². The third-order valence-electron chi connectivity index (χ3n) is 2.51. The summed E-state index contributed by atoms with van der Waals surface area (Å²) in [5.41, 5.74) is 6.57. The Balaban J connectivity index is -0.000000585. The Morgan fingerprint density at radius 1 is 0.577 bits per heavy atom. The van der Waals surface area contributed by atoms with E-state index in [0.29, 0.717) is 21.4 Å². The minimum absolute atomic E-state index is 0.399. The molecule has 0 saturated heterocycles. The fourth-order valence-electron chi connectivity index (χ4n) is 1.57. The van der Waals surface area contributed by atoms with Crippen molar-refractivity contribution in [1.82, 2.24) is 0 Å². The van der Waals surface area contributed by atoms with E-state index in [2.05, 4.69) is 0 Å². The van der Waals surface area contributed by atoms with Crippen LogP contribution in [0, 0.1) is 0 Å². The third kappa shape index (κ3) is 9.88. The van der Waals surface area contributed by atoms with Gasteiger partial charge in [-0.2, -0.15) is 0 Å². The zero-order chi connectivity index (χ0) is 21.1. The number of anilines is 2. The van der Waals surface area contributed by atoms with Gasteiger partial charge in [-0.05, 0) is 35.4 Å². The molecule has 0 spiro atoms. The largest absolute Gasteiger partial charge is 0.291 e. The fraction of sp³-hybridized carbons (Fsp3) is 0.400. The smallest absolute Gasteiger partial charge is 0.0788 e. The van der Waals surface area contributed by atoms with Crippen molar-refractivity contribution < 1.29 is 10.4 Å². The topological polar surface area (TPSA) is 64.5 Å². The van der Waals surface area contributed by atoms with Crippen LogP contribution in [0.25, 0.3) is 11.1 Å². The standard InChI is InChI=1S/C12H10Cl2N2O2.4C2H6/c13-9-5-7(1-3-11(9)15-17)8-2-4-12(16-18)10(14)6-8;4*1-2/h1-6,15-18H;4*1-2H3. The van der Waals surface area contributed by atoms with Gasteiger partial charge in [0.15, 0.2) is 0 Å². The molecule has 0 aliphatic heterocycles. The molecule has 0 fully saturated rings. The minimum atomic E-state index is 0.399. The van der Waals surface area contributed by atoms with E-state index >= 15 is 0 Å². The Morgan fingerprint density at radius 3 is 1.04 bits per heavy atom. The second kappa shape index (κ2) is 19.9. The van der Waals surface area contributed by atoms with Gasteiger partial charge in [-0.25, -0.2) is 0 Å². The van der Waals surface area contributed by atoms with E-state index in [4.69, 9.17) is 33.6 Å². The summed E-state index contributed by atoms with van der Waals surface area (Å²) in [6.07, 6.45) is 0. The van der Waals surface area contributed by atoms with E-state index < -0.39 is 0 Å². The van der Waals surface area contributed by atoms with Gasteiger partial charge in [0.1, 0.15) is 0 Å². The molecule has 0 aromatic heterocycles. The van der Waals surface area contributed by atoms with Gasteiger partial charge >= 0.3 is 0 Å². The molecule has 0 atom stereocenters. The first kappa shape index (κ1) is 29.3. The van der Waals surface area contributed by atoms with Gasteiger partial charge in [0.05, 0.1) is 21.4 Å². The molecule has 4 nitrogen and oxygen atoms in total. The maximum Gasteiger partial charge on any atom is 0.0788 e. The normalized spacial score (nSPS) is 8.00. The third-order valence-corrected chi connectivity index (χ3v) is 3.14. The van der Waals surface area contributed by atoms with Crippen LogP contribution in [-0.2, 0) is 0 Å².